The van der Waals surface area contributed by atoms with Gasteiger partial charge < -0.3 is 9.47 Å². The van der Waals surface area contributed by atoms with Gasteiger partial charge in [0, 0.05) is 0 Å². The lowest BCUT2D eigenvalue weighted by Crippen LogP contribution is -2.13. The molecule has 0 spiro atoms. The average Bonchev–Trinajstić information content (AvgIpc) is 3.00. The van der Waals surface area contributed by atoms with E-state index in [0.29, 0.717) is 17.9 Å². The number of nitrogens with zero attached hydrogens (tertiary/aromatic N) is 1. The number of ether oxygens (including phenoxy) is 2. The molecule has 1 heterocycles. The summed E-state index contributed by atoms with van der Waals surface area (Å²) in [6.07, 6.45) is 3.39. The van der Waals surface area contributed by atoms with Gasteiger partial charge in [0.2, 0.25) is 0 Å². The molecule has 0 saturated heterocycles. The summed E-state index contributed by atoms with van der Waals surface area (Å²) in [6, 6.07) is 0. The van der Waals surface area contributed by atoms with Crippen LogP contribution in [0.3, 0.4) is 0 Å². The molecule has 2 N–H and O–H groups in total. The predicted molar refractivity (Wildman–Crippen MR) is 82.4 cm³/mol. The highest BCUT2D eigenvalue weighted by Gasteiger charge is 2.59. The summed E-state index contributed by atoms with van der Waals surface area (Å²) >= 11 is 4.60. The maximum Gasteiger partial charge on any atom is 0.310 e. The van der Waals surface area contributed by atoms with Crippen molar-refractivity contribution in [1.82, 2.24) is 15.4 Å². The molecule has 22 heavy (non-hydrogen) atoms. The van der Waals surface area contributed by atoms with Crippen LogP contribution in [0.1, 0.15) is 33.6 Å². The molecule has 1 aromatic heterocycles. The van der Waals surface area contributed by atoms with Crippen LogP contribution in [0.15, 0.2) is 6.20 Å². The zero-order chi connectivity index (χ0) is 16.5. The van der Waals surface area contributed by atoms with E-state index in [0.717, 1.165) is 12.8 Å². The lowest BCUT2D eigenvalue weighted by Gasteiger charge is -2.00. The second-order valence-electron chi connectivity index (χ2n) is 4.87. The summed E-state index contributed by atoms with van der Waals surface area (Å²) in [7, 11) is 0. The molecular formula is C14H23N3O4S. The third-order valence-electron chi connectivity index (χ3n) is 3.33. The molecule has 1 aliphatic carbocycles. The van der Waals surface area contributed by atoms with Gasteiger partial charge in [-0.3, -0.25) is 14.7 Å². The van der Waals surface area contributed by atoms with Crippen molar-refractivity contribution in [1.29, 1.82) is 0 Å². The molecule has 0 aliphatic heterocycles. The fourth-order valence-electron chi connectivity index (χ4n) is 2.40. The van der Waals surface area contributed by atoms with Gasteiger partial charge in [-0.05, 0) is 26.2 Å². The van der Waals surface area contributed by atoms with Crippen molar-refractivity contribution in [3.8, 4) is 0 Å². The van der Waals surface area contributed by atoms with E-state index in [1.54, 1.807) is 13.8 Å². The number of esters is 2. The van der Waals surface area contributed by atoms with Crippen molar-refractivity contribution >= 4 is 24.2 Å². The van der Waals surface area contributed by atoms with Crippen molar-refractivity contribution in [2.75, 3.05) is 13.2 Å². The normalized spacial score (nSPS) is 22.2. The van der Waals surface area contributed by atoms with E-state index in [1.165, 1.54) is 6.20 Å². The molecule has 7 nitrogen and oxygen atoms in total. The lowest BCUT2D eigenvalue weighted by molar-refractivity contribution is -0.150. The Hall–Kier alpha value is -1.70. The summed E-state index contributed by atoms with van der Waals surface area (Å²) in [4.78, 5) is 23.2. The Labute approximate surface area is 134 Å². The number of rotatable bonds is 6. The van der Waals surface area contributed by atoms with Crippen LogP contribution in [0.25, 0.3) is 0 Å². The van der Waals surface area contributed by atoms with Crippen LogP contribution in [0.4, 0.5) is 0 Å². The SMILES string of the molecule is CCCC1C(C(=O)OCC)C1C(=O)OCC.S=c1cn[nH][nH]1. The van der Waals surface area contributed by atoms with Gasteiger partial charge in [0.25, 0.3) is 0 Å². The molecular weight excluding hydrogens is 306 g/mol. The largest absolute Gasteiger partial charge is 0.466 e. The van der Waals surface area contributed by atoms with Crippen LogP contribution in [0.5, 0.6) is 0 Å². The number of carbonyl (C=O) groups excluding carboxylic acids is 2. The fourth-order valence-corrected chi connectivity index (χ4v) is 2.49. The summed E-state index contributed by atoms with van der Waals surface area (Å²) in [6.45, 7) is 6.32. The first-order chi connectivity index (χ1) is 10.6. The molecule has 0 amide bonds. The Morgan fingerprint density at radius 1 is 1.18 bits per heavy atom. The van der Waals surface area contributed by atoms with Crippen LogP contribution in [-0.4, -0.2) is 40.6 Å². The Balaban J connectivity index is 0.000000335. The van der Waals surface area contributed by atoms with Gasteiger partial charge in [0.15, 0.2) is 0 Å². The monoisotopic (exact) mass is 329 g/mol. The minimum Gasteiger partial charge on any atom is -0.466 e. The van der Waals surface area contributed by atoms with Crippen molar-refractivity contribution in [2.24, 2.45) is 17.8 Å². The van der Waals surface area contributed by atoms with E-state index in [1.807, 2.05) is 6.92 Å². The van der Waals surface area contributed by atoms with E-state index in [9.17, 15) is 9.59 Å². The molecule has 0 radical (unpaired) electrons. The van der Waals surface area contributed by atoms with Gasteiger partial charge in [-0.15, -0.1) is 0 Å². The van der Waals surface area contributed by atoms with Gasteiger partial charge in [0.05, 0.1) is 31.2 Å². The van der Waals surface area contributed by atoms with Crippen LogP contribution in [0.2, 0.25) is 0 Å². The highest BCUT2D eigenvalue weighted by molar-refractivity contribution is 7.71. The van der Waals surface area contributed by atoms with E-state index >= 15 is 0 Å². The Kier molecular flexibility index (Phi) is 7.79. The standard InChI is InChI=1S/C12H20O4.C2H3N3S/c1-4-7-8-9(11(13)15-5-2)10(8)12(14)16-6-3;6-2-1-3-5-4-2/h8-10H,4-7H2,1-3H3;1H,(H2,3,4,5,6). The molecule has 0 aromatic carbocycles. The van der Waals surface area contributed by atoms with E-state index in [-0.39, 0.29) is 29.7 Å². The minimum atomic E-state index is -0.265. The second kappa shape index (κ2) is 9.34. The van der Waals surface area contributed by atoms with Crippen LogP contribution < -0.4 is 0 Å². The Bertz CT molecular complexity index is 487. The van der Waals surface area contributed by atoms with Gasteiger partial charge in [-0.1, -0.05) is 25.6 Å². The Morgan fingerprint density at radius 2 is 1.73 bits per heavy atom. The van der Waals surface area contributed by atoms with Crippen molar-refractivity contribution in [3.05, 3.63) is 10.8 Å². The number of H-pyrrole nitrogens is 2. The topological polar surface area (TPSA) is 97.1 Å². The maximum absolute atomic E-state index is 11.6. The molecule has 1 saturated carbocycles. The number of aromatic amines is 2. The van der Waals surface area contributed by atoms with Crippen LogP contribution >= 0.6 is 12.2 Å². The number of hydrogen-bond donors (Lipinski definition) is 2. The zero-order valence-corrected chi connectivity index (χ0v) is 13.9. The second-order valence-corrected chi connectivity index (χ2v) is 5.31. The molecule has 124 valence electrons. The molecule has 2 atom stereocenters. The summed E-state index contributed by atoms with van der Waals surface area (Å²) < 4.78 is 10.5. The summed E-state index contributed by atoms with van der Waals surface area (Å²) in [5, 5.41) is 8.57. The third-order valence-corrected chi connectivity index (χ3v) is 3.54. The molecule has 2 rings (SSSR count). The summed E-state index contributed by atoms with van der Waals surface area (Å²) in [5.74, 6) is -0.904. The van der Waals surface area contributed by atoms with E-state index in [4.69, 9.17) is 9.47 Å². The van der Waals surface area contributed by atoms with Gasteiger partial charge in [0.1, 0.15) is 4.64 Å². The number of nitrogens with one attached hydrogen (secondary N) is 2. The number of carbonyl (C=O) groups is 2. The van der Waals surface area contributed by atoms with Gasteiger partial charge in [-0.2, -0.15) is 5.10 Å². The third kappa shape index (κ3) is 5.25. The minimum absolute atomic E-state index is 0.128. The summed E-state index contributed by atoms with van der Waals surface area (Å²) in [5.41, 5.74) is 0. The molecule has 2 unspecified atom stereocenters. The quantitative estimate of drug-likeness (QED) is 0.613. The highest BCUT2D eigenvalue weighted by Crippen LogP contribution is 2.50. The van der Waals surface area contributed by atoms with Crippen LogP contribution in [-0.2, 0) is 19.1 Å². The Morgan fingerprint density at radius 3 is 2.00 bits per heavy atom. The molecule has 0 bridgehead atoms. The molecule has 1 aliphatic rings. The molecule has 1 fully saturated rings. The average molecular weight is 329 g/mol. The van der Waals surface area contributed by atoms with Gasteiger partial charge in [-0.25, -0.2) is 5.21 Å². The predicted octanol–water partition coefficient (Wildman–Crippen LogP) is 2.24. The number of aromatic nitrogens is 3. The van der Waals surface area contributed by atoms with E-state index in [2.05, 4.69) is 27.6 Å². The molecule has 8 heteroatoms. The smallest absolute Gasteiger partial charge is 0.310 e. The first-order valence-corrected chi connectivity index (χ1v) is 7.88. The lowest BCUT2D eigenvalue weighted by atomic mass is 10.2. The fraction of sp³-hybridized carbons (Fsp3) is 0.714. The molecule has 1 aromatic rings. The van der Waals surface area contributed by atoms with Gasteiger partial charge >= 0.3 is 11.9 Å². The zero-order valence-electron chi connectivity index (χ0n) is 13.1. The first-order valence-electron chi connectivity index (χ1n) is 7.48. The van der Waals surface area contributed by atoms with Crippen molar-refractivity contribution in [2.45, 2.75) is 33.6 Å². The first kappa shape index (κ1) is 18.3. The van der Waals surface area contributed by atoms with Crippen molar-refractivity contribution in [3.63, 3.8) is 0 Å². The van der Waals surface area contributed by atoms with Crippen molar-refractivity contribution < 1.29 is 19.1 Å². The highest BCUT2D eigenvalue weighted by atomic mass is 32.1. The maximum atomic E-state index is 11.6. The van der Waals surface area contributed by atoms with E-state index < -0.39 is 0 Å². The number of hydrogen-bond acceptors (Lipinski definition) is 6. The van der Waals surface area contributed by atoms with Crippen LogP contribution in [0, 0.1) is 22.4 Å².